The third-order valence-corrected chi connectivity index (χ3v) is 5.29. The maximum atomic E-state index is 13.2. The Kier molecular flexibility index (Phi) is 4.73. The molecule has 4 rings (SSSR count). The second-order valence-electron chi connectivity index (χ2n) is 6.73. The van der Waals surface area contributed by atoms with Crippen molar-refractivity contribution in [2.75, 3.05) is 5.32 Å². The van der Waals surface area contributed by atoms with Crippen molar-refractivity contribution in [2.24, 2.45) is 5.92 Å². The normalized spacial score (nSPS) is 15.3. The fourth-order valence-corrected chi connectivity index (χ4v) is 3.45. The smallest absolute Gasteiger partial charge is 0.339 e. The monoisotopic (exact) mass is 424 g/mol. The Balaban J connectivity index is 1.62. The summed E-state index contributed by atoms with van der Waals surface area (Å²) in [6.07, 6.45) is -0.915. The fraction of sp³-hybridized carbons (Fsp3) is 0.353. The van der Waals surface area contributed by atoms with E-state index < -0.39 is 30.0 Å². The molecule has 0 aliphatic heterocycles. The van der Waals surface area contributed by atoms with E-state index in [9.17, 15) is 22.8 Å². The molecule has 152 valence electrons. The molecule has 3 heterocycles. The maximum Gasteiger partial charge on any atom is 0.408 e. The molecule has 0 radical (unpaired) electrons. The number of aryl methyl sites for hydroxylation is 1. The number of hydrogen-bond acceptors (Lipinski definition) is 6. The van der Waals surface area contributed by atoms with Gasteiger partial charge in [-0.15, -0.1) is 0 Å². The van der Waals surface area contributed by atoms with Crippen LogP contribution in [0.1, 0.15) is 38.7 Å². The van der Waals surface area contributed by atoms with Gasteiger partial charge in [0.25, 0.3) is 11.8 Å². The first-order chi connectivity index (χ1) is 13.7. The summed E-state index contributed by atoms with van der Waals surface area (Å²) < 4.78 is 45.0. The first-order valence-corrected chi connectivity index (χ1v) is 9.45. The van der Waals surface area contributed by atoms with Gasteiger partial charge in [0.2, 0.25) is 0 Å². The van der Waals surface area contributed by atoms with Crippen LogP contribution >= 0.6 is 11.5 Å². The van der Waals surface area contributed by atoms with Gasteiger partial charge in [-0.1, -0.05) is 0 Å². The van der Waals surface area contributed by atoms with Crippen LogP contribution in [0.3, 0.4) is 0 Å². The molecule has 0 bridgehead atoms. The predicted molar refractivity (Wildman–Crippen MR) is 97.8 cm³/mol. The van der Waals surface area contributed by atoms with Gasteiger partial charge in [-0.25, -0.2) is 14.3 Å². The lowest BCUT2D eigenvalue weighted by atomic mass is 10.1. The van der Waals surface area contributed by atoms with E-state index in [0.29, 0.717) is 23.4 Å². The topological polar surface area (TPSA) is 101 Å². The van der Waals surface area contributed by atoms with Crippen LogP contribution in [-0.4, -0.2) is 42.8 Å². The Bertz CT molecular complexity index is 1070. The van der Waals surface area contributed by atoms with Crippen LogP contribution < -0.4 is 10.6 Å². The summed E-state index contributed by atoms with van der Waals surface area (Å²) in [5.41, 5.74) is 0.409. The molecular weight excluding hydrogens is 409 g/mol. The van der Waals surface area contributed by atoms with Crippen molar-refractivity contribution in [3.8, 4) is 0 Å². The highest BCUT2D eigenvalue weighted by molar-refractivity contribution is 7.08. The molecule has 0 saturated heterocycles. The van der Waals surface area contributed by atoms with Gasteiger partial charge in [-0.3, -0.25) is 14.0 Å². The van der Waals surface area contributed by atoms with Crippen molar-refractivity contribution in [3.05, 3.63) is 40.9 Å². The number of aromatic nitrogens is 4. The number of hydrogen-bond donors (Lipinski definition) is 2. The molecule has 29 heavy (non-hydrogen) atoms. The van der Waals surface area contributed by atoms with Crippen LogP contribution in [0.25, 0.3) is 5.65 Å². The maximum absolute atomic E-state index is 13.2. The highest BCUT2D eigenvalue weighted by atomic mass is 32.1. The summed E-state index contributed by atoms with van der Waals surface area (Å²) in [6.45, 7) is 1.70. The number of carbonyl (C=O) groups is 2. The molecule has 0 spiro atoms. The number of nitrogens with one attached hydrogen (secondary N) is 2. The van der Waals surface area contributed by atoms with E-state index in [1.165, 1.54) is 23.0 Å². The van der Waals surface area contributed by atoms with Crippen LogP contribution in [0.15, 0.2) is 24.7 Å². The van der Waals surface area contributed by atoms with Crippen LogP contribution in [0.4, 0.5) is 19.0 Å². The van der Waals surface area contributed by atoms with Crippen molar-refractivity contribution >= 4 is 34.8 Å². The largest absolute Gasteiger partial charge is 0.408 e. The number of alkyl halides is 3. The van der Waals surface area contributed by atoms with E-state index >= 15 is 0 Å². The molecule has 2 amide bonds. The Morgan fingerprint density at radius 3 is 2.69 bits per heavy atom. The van der Waals surface area contributed by atoms with Crippen molar-refractivity contribution < 1.29 is 22.8 Å². The number of anilines is 1. The van der Waals surface area contributed by atoms with Gasteiger partial charge in [-0.2, -0.15) is 13.2 Å². The summed E-state index contributed by atoms with van der Waals surface area (Å²) >= 11 is 1.01. The minimum absolute atomic E-state index is 0.0545. The van der Waals surface area contributed by atoms with Crippen LogP contribution in [-0.2, 0) is 0 Å². The molecule has 1 fully saturated rings. The first-order valence-electron chi connectivity index (χ1n) is 8.68. The standard InChI is InChI=1S/C17H15F3N6O2S/c1-8-6-11(24-15(27)10-4-5-22-29-10)23-14-12(21-7-26(8)14)16(28)25-13(9-2-3-9)17(18,19)20/h4-7,9,13H,2-3H2,1H3,(H,25,28)(H,23,24,27)/t13-/m1/s1. The number of nitrogens with zero attached hydrogens (tertiary/aromatic N) is 4. The first kappa shape index (κ1) is 19.3. The van der Waals surface area contributed by atoms with E-state index in [-0.39, 0.29) is 17.2 Å². The quantitative estimate of drug-likeness (QED) is 0.656. The zero-order chi connectivity index (χ0) is 20.8. The van der Waals surface area contributed by atoms with Crippen molar-refractivity contribution in [1.29, 1.82) is 0 Å². The predicted octanol–water partition coefficient (Wildman–Crippen LogP) is 2.82. The summed E-state index contributed by atoms with van der Waals surface area (Å²) in [5, 5.41) is 4.64. The van der Waals surface area contributed by atoms with Crippen molar-refractivity contribution in [2.45, 2.75) is 32.0 Å². The van der Waals surface area contributed by atoms with Gasteiger partial charge in [0.15, 0.2) is 11.3 Å². The molecule has 2 N–H and O–H groups in total. The summed E-state index contributed by atoms with van der Waals surface area (Å²) in [5.74, 6) is -1.85. The SMILES string of the molecule is Cc1cc(NC(=O)c2ccns2)nc2c(C(=O)N[C@H](C3CC3)C(F)(F)F)ncn12. The number of rotatable bonds is 5. The number of carbonyl (C=O) groups excluding carboxylic acids is 2. The molecule has 12 heteroatoms. The fourth-order valence-electron chi connectivity index (χ4n) is 2.96. The molecule has 1 saturated carbocycles. The molecule has 1 aliphatic carbocycles. The molecule has 3 aromatic heterocycles. The number of imidazole rings is 1. The lowest BCUT2D eigenvalue weighted by molar-refractivity contribution is -0.158. The van der Waals surface area contributed by atoms with Crippen LogP contribution in [0.2, 0.25) is 0 Å². The summed E-state index contributed by atoms with van der Waals surface area (Å²) in [7, 11) is 0. The van der Waals surface area contributed by atoms with Crippen LogP contribution in [0.5, 0.6) is 0 Å². The van der Waals surface area contributed by atoms with E-state index in [0.717, 1.165) is 11.5 Å². The van der Waals surface area contributed by atoms with E-state index in [4.69, 9.17) is 0 Å². The molecule has 3 aromatic rings. The van der Waals surface area contributed by atoms with E-state index in [2.05, 4.69) is 19.7 Å². The molecule has 0 unspecified atom stereocenters. The second-order valence-corrected chi connectivity index (χ2v) is 7.56. The average Bonchev–Trinajstić information content (AvgIpc) is 3.15. The molecule has 0 aromatic carbocycles. The molecule has 8 nitrogen and oxygen atoms in total. The second kappa shape index (κ2) is 7.10. The number of amides is 2. The lowest BCUT2D eigenvalue weighted by Crippen LogP contribution is -2.47. The van der Waals surface area contributed by atoms with Crippen molar-refractivity contribution in [3.63, 3.8) is 0 Å². The van der Waals surface area contributed by atoms with Gasteiger partial charge in [0, 0.05) is 18.0 Å². The van der Waals surface area contributed by atoms with Gasteiger partial charge < -0.3 is 10.6 Å². The van der Waals surface area contributed by atoms with E-state index in [1.54, 1.807) is 13.0 Å². The average molecular weight is 424 g/mol. The number of fused-ring (bicyclic) bond motifs is 1. The third kappa shape index (κ3) is 3.92. The zero-order valence-corrected chi connectivity index (χ0v) is 15.8. The molecule has 1 aliphatic rings. The minimum Gasteiger partial charge on any atom is -0.339 e. The summed E-state index contributed by atoms with van der Waals surface area (Å²) in [6, 6.07) is 1.19. The van der Waals surface area contributed by atoms with Crippen LogP contribution in [0, 0.1) is 12.8 Å². The number of halogens is 3. The highest BCUT2D eigenvalue weighted by Crippen LogP contribution is 2.40. The van der Waals surface area contributed by atoms with Gasteiger partial charge in [0.1, 0.15) is 23.1 Å². The van der Waals surface area contributed by atoms with Gasteiger partial charge in [0.05, 0.1) is 0 Å². The third-order valence-electron chi connectivity index (χ3n) is 4.55. The van der Waals surface area contributed by atoms with Gasteiger partial charge >= 0.3 is 6.18 Å². The summed E-state index contributed by atoms with van der Waals surface area (Å²) in [4.78, 5) is 33.2. The minimum atomic E-state index is -4.54. The Morgan fingerprint density at radius 1 is 1.31 bits per heavy atom. The zero-order valence-electron chi connectivity index (χ0n) is 15.0. The van der Waals surface area contributed by atoms with E-state index in [1.807, 2.05) is 5.32 Å². The lowest BCUT2D eigenvalue weighted by Gasteiger charge is -2.20. The molecular formula is C17H15F3N6O2S. The Hall–Kier alpha value is -3.02. The Morgan fingerprint density at radius 2 is 2.07 bits per heavy atom. The highest BCUT2D eigenvalue weighted by Gasteiger charge is 2.50. The molecule has 1 atom stereocenters. The Labute approximate surface area is 166 Å². The van der Waals surface area contributed by atoms with Gasteiger partial charge in [-0.05, 0) is 43.3 Å². The van der Waals surface area contributed by atoms with Crippen molar-refractivity contribution in [1.82, 2.24) is 24.1 Å².